The Morgan fingerprint density at radius 1 is 0.800 bits per heavy atom. The van der Waals surface area contributed by atoms with E-state index < -0.39 is 0 Å². The number of rotatable bonds is 2. The number of aliphatic imine (C=N–C) groups is 1. The van der Waals surface area contributed by atoms with Gasteiger partial charge in [-0.25, -0.2) is 9.38 Å². The maximum Gasteiger partial charge on any atom is 0.123 e. The molecule has 0 radical (unpaired) electrons. The first-order valence-corrected chi connectivity index (χ1v) is 10.8. The van der Waals surface area contributed by atoms with Crippen molar-refractivity contribution >= 4 is 35.1 Å². The second-order valence-electron chi connectivity index (χ2n) is 5.86. The molecule has 0 amide bonds. The van der Waals surface area contributed by atoms with Crippen molar-refractivity contribution < 1.29 is 4.39 Å². The standard InChI is InChI=1S/C16H17NS.C6H5FS.C2H6.C2H2/c1-12-4-8-15(9-5-12)17-14(3)18-16-10-6-13(2)7-11-16;7-5-1-3-6(8)4-2-5;2*1-2/h4-11H,1-3H3;1-4,8H;1-2H3;1-2H. The third-order valence-corrected chi connectivity index (χ3v) is 4.63. The Kier molecular flexibility index (Phi) is 15.0. The number of thioether (sulfide) groups is 1. The zero-order valence-electron chi connectivity index (χ0n) is 18.3. The fraction of sp³-hybridized carbons (Fsp3) is 0.192. The van der Waals surface area contributed by atoms with Crippen molar-refractivity contribution in [2.75, 3.05) is 0 Å². The molecule has 0 spiro atoms. The number of terminal acetylenes is 1. The highest BCUT2D eigenvalue weighted by Gasteiger charge is 1.97. The van der Waals surface area contributed by atoms with E-state index in [9.17, 15) is 4.39 Å². The molecule has 0 unspecified atom stereocenters. The molecule has 0 saturated heterocycles. The summed E-state index contributed by atoms with van der Waals surface area (Å²) in [6, 6.07) is 22.8. The molecule has 3 aromatic carbocycles. The highest BCUT2D eigenvalue weighted by molar-refractivity contribution is 8.13. The van der Waals surface area contributed by atoms with Crippen molar-refractivity contribution in [2.45, 2.75) is 44.4 Å². The third kappa shape index (κ3) is 12.2. The maximum absolute atomic E-state index is 12.1. The lowest BCUT2D eigenvalue weighted by molar-refractivity contribution is 0.626. The molecule has 4 heteroatoms. The zero-order valence-corrected chi connectivity index (χ0v) is 20.0. The summed E-state index contributed by atoms with van der Waals surface area (Å²) in [5.74, 6) is -0.220. The molecule has 0 atom stereocenters. The molecule has 1 nitrogen and oxygen atoms in total. The summed E-state index contributed by atoms with van der Waals surface area (Å²) in [5, 5.41) is 1.06. The quantitative estimate of drug-likeness (QED) is 0.139. The summed E-state index contributed by atoms with van der Waals surface area (Å²) >= 11 is 5.67. The molecule has 0 heterocycles. The molecule has 0 aliphatic carbocycles. The molecule has 3 aromatic rings. The van der Waals surface area contributed by atoms with Crippen LogP contribution in [0.4, 0.5) is 10.1 Å². The lowest BCUT2D eigenvalue weighted by Crippen LogP contribution is -1.83. The Hall–Kier alpha value is -2.48. The molecule has 0 aliphatic rings. The second-order valence-corrected chi connectivity index (χ2v) is 7.64. The minimum Gasteiger partial charge on any atom is -0.247 e. The minimum atomic E-state index is -0.220. The van der Waals surface area contributed by atoms with Crippen LogP contribution in [0.15, 0.2) is 87.6 Å². The molecule has 0 N–H and O–H groups in total. The van der Waals surface area contributed by atoms with Crippen LogP contribution in [0.1, 0.15) is 31.9 Å². The number of nitrogens with zero attached hydrogens (tertiary/aromatic N) is 1. The minimum absolute atomic E-state index is 0.220. The van der Waals surface area contributed by atoms with Crippen molar-refractivity contribution in [3.05, 3.63) is 89.7 Å². The lowest BCUT2D eigenvalue weighted by atomic mass is 10.2. The van der Waals surface area contributed by atoms with Gasteiger partial charge in [-0.05, 0) is 69.3 Å². The molecule has 3 rings (SSSR count). The van der Waals surface area contributed by atoms with Gasteiger partial charge < -0.3 is 0 Å². The fourth-order valence-corrected chi connectivity index (χ4v) is 2.96. The van der Waals surface area contributed by atoms with Crippen LogP contribution in [0.5, 0.6) is 0 Å². The summed E-state index contributed by atoms with van der Waals surface area (Å²) in [5.41, 5.74) is 3.56. The Bertz CT molecular complexity index is 860. The van der Waals surface area contributed by atoms with Gasteiger partial charge in [0.2, 0.25) is 0 Å². The van der Waals surface area contributed by atoms with E-state index in [1.807, 2.05) is 20.8 Å². The summed E-state index contributed by atoms with van der Waals surface area (Å²) in [7, 11) is 0. The van der Waals surface area contributed by atoms with Crippen LogP contribution in [-0.2, 0) is 0 Å². The molecule has 0 fully saturated rings. The summed E-state index contributed by atoms with van der Waals surface area (Å²) in [6.07, 6.45) is 8.00. The first-order valence-electron chi connectivity index (χ1n) is 9.57. The number of halogens is 1. The first kappa shape index (κ1) is 27.5. The van der Waals surface area contributed by atoms with Crippen molar-refractivity contribution in [1.29, 1.82) is 0 Å². The van der Waals surface area contributed by atoms with Gasteiger partial charge in [-0.3, -0.25) is 0 Å². The van der Waals surface area contributed by atoms with Gasteiger partial charge in [0.25, 0.3) is 0 Å². The van der Waals surface area contributed by atoms with E-state index in [4.69, 9.17) is 0 Å². The molecule has 0 saturated carbocycles. The highest BCUT2D eigenvalue weighted by atomic mass is 32.2. The van der Waals surface area contributed by atoms with Gasteiger partial charge in [-0.2, -0.15) is 0 Å². The molecule has 30 heavy (non-hydrogen) atoms. The average Bonchev–Trinajstić information content (AvgIpc) is 2.77. The Balaban J connectivity index is 0.000000585. The van der Waals surface area contributed by atoms with Crippen molar-refractivity contribution in [3.63, 3.8) is 0 Å². The predicted molar refractivity (Wildman–Crippen MR) is 136 cm³/mol. The second kappa shape index (κ2) is 16.3. The normalized spacial score (nSPS) is 9.70. The predicted octanol–water partition coefficient (Wildman–Crippen LogP) is 8.54. The summed E-state index contributed by atoms with van der Waals surface area (Å²) < 4.78 is 12.1. The van der Waals surface area contributed by atoms with Gasteiger partial charge in [0.15, 0.2) is 0 Å². The van der Waals surface area contributed by atoms with E-state index in [1.165, 1.54) is 28.2 Å². The highest BCUT2D eigenvalue weighted by Crippen LogP contribution is 2.23. The molecule has 158 valence electrons. The van der Waals surface area contributed by atoms with Gasteiger partial charge in [0.1, 0.15) is 5.82 Å². The average molecular weight is 440 g/mol. The van der Waals surface area contributed by atoms with Crippen LogP contribution in [0.2, 0.25) is 0 Å². The first-order chi connectivity index (χ1) is 14.4. The van der Waals surface area contributed by atoms with Gasteiger partial charge in [-0.1, -0.05) is 61.0 Å². The molecule has 0 aliphatic heterocycles. The molecule has 0 aromatic heterocycles. The van der Waals surface area contributed by atoms with Gasteiger partial charge in [0, 0.05) is 9.79 Å². The van der Waals surface area contributed by atoms with E-state index in [2.05, 4.69) is 92.8 Å². The zero-order chi connectivity index (χ0) is 22.9. The third-order valence-electron chi connectivity index (χ3n) is 3.43. The summed E-state index contributed by atoms with van der Waals surface area (Å²) in [6.45, 7) is 10.2. The van der Waals surface area contributed by atoms with Gasteiger partial charge in [0.05, 0.1) is 10.7 Å². The number of hydrogen-bond donors (Lipinski definition) is 1. The number of thiol groups is 1. The molecular weight excluding hydrogens is 409 g/mol. The van der Waals surface area contributed by atoms with E-state index in [0.717, 1.165) is 15.6 Å². The Labute approximate surface area is 191 Å². The van der Waals surface area contributed by atoms with Gasteiger partial charge >= 0.3 is 0 Å². The maximum atomic E-state index is 12.1. The SMILES string of the molecule is C#C.CC.CC(=Nc1ccc(C)cc1)Sc1ccc(C)cc1.Fc1ccc(S)cc1. The van der Waals surface area contributed by atoms with E-state index in [-0.39, 0.29) is 5.82 Å². The van der Waals surface area contributed by atoms with Crippen LogP contribution in [0, 0.1) is 32.5 Å². The number of benzene rings is 3. The van der Waals surface area contributed by atoms with Gasteiger partial charge in [-0.15, -0.1) is 25.5 Å². The van der Waals surface area contributed by atoms with E-state index >= 15 is 0 Å². The monoisotopic (exact) mass is 439 g/mol. The smallest absolute Gasteiger partial charge is 0.123 e. The number of hydrogen-bond acceptors (Lipinski definition) is 3. The molecular formula is C26H30FNS2. The fourth-order valence-electron chi connectivity index (χ4n) is 2.04. The van der Waals surface area contributed by atoms with Crippen LogP contribution in [0.25, 0.3) is 0 Å². The summed E-state index contributed by atoms with van der Waals surface area (Å²) in [4.78, 5) is 6.61. The lowest BCUT2D eigenvalue weighted by Gasteiger charge is -2.02. The van der Waals surface area contributed by atoms with Crippen LogP contribution >= 0.6 is 24.4 Å². The van der Waals surface area contributed by atoms with Crippen molar-refractivity contribution in [1.82, 2.24) is 0 Å². The Morgan fingerprint density at radius 2 is 1.23 bits per heavy atom. The van der Waals surface area contributed by atoms with Crippen molar-refractivity contribution in [2.24, 2.45) is 4.99 Å². The van der Waals surface area contributed by atoms with Crippen molar-refractivity contribution in [3.8, 4) is 12.8 Å². The topological polar surface area (TPSA) is 12.4 Å². The Morgan fingerprint density at radius 3 is 1.67 bits per heavy atom. The van der Waals surface area contributed by atoms with Crippen LogP contribution in [-0.4, -0.2) is 5.04 Å². The van der Waals surface area contributed by atoms with E-state index in [1.54, 1.807) is 23.9 Å². The largest absolute Gasteiger partial charge is 0.247 e. The molecule has 0 bridgehead atoms. The number of aryl methyl sites for hydroxylation is 2. The van der Waals surface area contributed by atoms with Crippen LogP contribution < -0.4 is 0 Å². The van der Waals surface area contributed by atoms with E-state index in [0.29, 0.717) is 0 Å². The van der Waals surface area contributed by atoms with Crippen LogP contribution in [0.3, 0.4) is 0 Å².